The van der Waals surface area contributed by atoms with E-state index in [9.17, 15) is 13.2 Å². The largest absolute Gasteiger partial charge is 0.493 e. The molecule has 0 aliphatic heterocycles. The minimum Gasteiger partial charge on any atom is -0.493 e. The van der Waals surface area contributed by atoms with Gasteiger partial charge in [0.05, 0.1) is 11.5 Å². The van der Waals surface area contributed by atoms with Gasteiger partial charge in [-0.15, -0.1) is 0 Å². The summed E-state index contributed by atoms with van der Waals surface area (Å²) in [6, 6.07) is 12.5. The number of benzene rings is 2. The van der Waals surface area contributed by atoms with Gasteiger partial charge in [-0.2, -0.15) is 8.42 Å². The Morgan fingerprint density at radius 1 is 1.12 bits per heavy atom. The third kappa shape index (κ3) is 6.09. The van der Waals surface area contributed by atoms with Crippen molar-refractivity contribution in [2.75, 3.05) is 18.5 Å². The molecule has 0 spiro atoms. The van der Waals surface area contributed by atoms with Crippen LogP contribution in [0.15, 0.2) is 53.4 Å². The number of amides is 2. The van der Waals surface area contributed by atoms with E-state index in [1.807, 2.05) is 31.2 Å². The van der Waals surface area contributed by atoms with Gasteiger partial charge in [0.25, 0.3) is 10.1 Å². The molecule has 2 aromatic rings. The van der Waals surface area contributed by atoms with Crippen LogP contribution in [0, 0.1) is 6.92 Å². The monoisotopic (exact) mass is 364 g/mol. The molecule has 0 radical (unpaired) electrons. The highest BCUT2D eigenvalue weighted by Gasteiger charge is 2.09. The van der Waals surface area contributed by atoms with Crippen LogP contribution >= 0.6 is 0 Å². The predicted octanol–water partition coefficient (Wildman–Crippen LogP) is 2.83. The van der Waals surface area contributed by atoms with Crippen LogP contribution in [-0.4, -0.2) is 32.2 Å². The molecule has 0 aliphatic rings. The molecule has 0 bridgehead atoms. The average molecular weight is 364 g/mol. The van der Waals surface area contributed by atoms with E-state index in [-0.39, 0.29) is 4.90 Å². The summed E-state index contributed by atoms with van der Waals surface area (Å²) in [6.45, 7) is 2.88. The number of hydrogen-bond donors (Lipinski definition) is 3. The second kappa shape index (κ2) is 8.50. The number of aryl methyl sites for hydroxylation is 1. The fourth-order valence-corrected chi connectivity index (χ4v) is 2.54. The van der Waals surface area contributed by atoms with Crippen LogP contribution in [0.1, 0.15) is 12.0 Å². The number of hydrogen-bond acceptors (Lipinski definition) is 4. The smallest absolute Gasteiger partial charge is 0.319 e. The van der Waals surface area contributed by atoms with Gasteiger partial charge in [-0.05, 0) is 49.2 Å². The van der Waals surface area contributed by atoms with Crippen LogP contribution < -0.4 is 15.4 Å². The zero-order chi connectivity index (χ0) is 18.3. The number of urea groups is 1. The van der Waals surface area contributed by atoms with Crippen LogP contribution in [0.4, 0.5) is 10.5 Å². The molecular weight excluding hydrogens is 344 g/mol. The summed E-state index contributed by atoms with van der Waals surface area (Å²) in [4.78, 5) is 11.5. The Hall–Kier alpha value is -2.58. The second-order valence-corrected chi connectivity index (χ2v) is 6.77. The van der Waals surface area contributed by atoms with Crippen molar-refractivity contribution in [3.8, 4) is 5.75 Å². The normalized spacial score (nSPS) is 11.0. The summed E-state index contributed by atoms with van der Waals surface area (Å²) < 4.78 is 36.4. The molecule has 25 heavy (non-hydrogen) atoms. The van der Waals surface area contributed by atoms with E-state index in [1.54, 1.807) is 0 Å². The lowest BCUT2D eigenvalue weighted by molar-refractivity contribution is 0.250. The van der Waals surface area contributed by atoms with Gasteiger partial charge in [-0.25, -0.2) is 4.79 Å². The summed E-state index contributed by atoms with van der Waals surface area (Å²) in [5, 5.41) is 5.25. The molecule has 0 heterocycles. The predicted molar refractivity (Wildman–Crippen MR) is 94.6 cm³/mol. The van der Waals surface area contributed by atoms with Gasteiger partial charge < -0.3 is 15.4 Å². The summed E-state index contributed by atoms with van der Waals surface area (Å²) >= 11 is 0. The Balaban J connectivity index is 1.70. The quantitative estimate of drug-likeness (QED) is 0.518. The van der Waals surface area contributed by atoms with Gasteiger partial charge in [0.1, 0.15) is 5.75 Å². The molecule has 2 amide bonds. The van der Waals surface area contributed by atoms with Crippen molar-refractivity contribution in [1.82, 2.24) is 5.32 Å². The van der Waals surface area contributed by atoms with Crippen molar-refractivity contribution in [3.05, 3.63) is 54.1 Å². The Labute approximate surface area is 146 Å². The van der Waals surface area contributed by atoms with E-state index >= 15 is 0 Å². The number of nitrogens with one attached hydrogen (secondary N) is 2. The zero-order valence-electron chi connectivity index (χ0n) is 13.7. The second-order valence-electron chi connectivity index (χ2n) is 5.35. The number of carbonyl (C=O) groups is 1. The minimum absolute atomic E-state index is 0.230. The maximum absolute atomic E-state index is 11.8. The van der Waals surface area contributed by atoms with E-state index in [0.717, 1.165) is 11.3 Å². The van der Waals surface area contributed by atoms with Gasteiger partial charge in [-0.1, -0.05) is 18.2 Å². The fraction of sp³-hybridized carbons (Fsp3) is 0.235. The number of anilines is 1. The Morgan fingerprint density at radius 2 is 1.80 bits per heavy atom. The van der Waals surface area contributed by atoms with E-state index in [0.29, 0.717) is 25.3 Å². The highest BCUT2D eigenvalue weighted by Crippen LogP contribution is 2.16. The molecule has 0 unspecified atom stereocenters. The van der Waals surface area contributed by atoms with Crippen molar-refractivity contribution in [1.29, 1.82) is 0 Å². The molecule has 3 N–H and O–H groups in total. The van der Waals surface area contributed by atoms with Crippen molar-refractivity contribution < 1.29 is 22.5 Å². The van der Waals surface area contributed by atoms with E-state index < -0.39 is 16.1 Å². The number of carbonyl (C=O) groups excluding carboxylic acids is 1. The molecule has 2 aromatic carbocycles. The fourth-order valence-electron chi connectivity index (χ4n) is 2.06. The third-order valence-corrected chi connectivity index (χ3v) is 4.24. The van der Waals surface area contributed by atoms with Gasteiger partial charge in [0, 0.05) is 12.2 Å². The molecule has 0 aromatic heterocycles. The summed E-state index contributed by atoms with van der Waals surface area (Å²) in [6.07, 6.45) is 0.642. The van der Waals surface area contributed by atoms with Crippen molar-refractivity contribution in [2.24, 2.45) is 0 Å². The van der Waals surface area contributed by atoms with Crippen molar-refractivity contribution >= 4 is 21.8 Å². The zero-order valence-corrected chi connectivity index (χ0v) is 14.5. The van der Waals surface area contributed by atoms with Gasteiger partial charge in [-0.3, -0.25) is 4.55 Å². The SMILES string of the molecule is Cc1ccccc1OCCCNC(=O)Nc1ccc(S(=O)(=O)O)cc1. The lowest BCUT2D eigenvalue weighted by atomic mass is 10.2. The maximum Gasteiger partial charge on any atom is 0.319 e. The van der Waals surface area contributed by atoms with Crippen LogP contribution in [0.3, 0.4) is 0 Å². The Kier molecular flexibility index (Phi) is 6.37. The van der Waals surface area contributed by atoms with Crippen LogP contribution in [0.25, 0.3) is 0 Å². The lowest BCUT2D eigenvalue weighted by Crippen LogP contribution is -2.30. The topological polar surface area (TPSA) is 105 Å². The first-order valence-electron chi connectivity index (χ1n) is 7.67. The van der Waals surface area contributed by atoms with Crippen LogP contribution in [0.2, 0.25) is 0 Å². The van der Waals surface area contributed by atoms with E-state index in [1.165, 1.54) is 24.3 Å². The van der Waals surface area contributed by atoms with Gasteiger partial charge in [0.2, 0.25) is 0 Å². The number of rotatable bonds is 7. The van der Waals surface area contributed by atoms with Gasteiger partial charge in [0.15, 0.2) is 0 Å². The van der Waals surface area contributed by atoms with Gasteiger partial charge >= 0.3 is 6.03 Å². The molecule has 134 valence electrons. The molecule has 0 fully saturated rings. The molecule has 0 atom stereocenters. The molecule has 2 rings (SSSR count). The minimum atomic E-state index is -4.24. The first kappa shape index (κ1) is 18.8. The summed E-state index contributed by atoms with van der Waals surface area (Å²) in [5.74, 6) is 0.825. The molecule has 8 heteroatoms. The molecule has 7 nitrogen and oxygen atoms in total. The first-order valence-corrected chi connectivity index (χ1v) is 9.11. The first-order chi connectivity index (χ1) is 11.9. The summed E-state index contributed by atoms with van der Waals surface area (Å²) in [7, 11) is -4.24. The molecule has 0 aliphatic carbocycles. The lowest BCUT2D eigenvalue weighted by Gasteiger charge is -2.10. The molecular formula is C17H20N2O5S. The maximum atomic E-state index is 11.8. The highest BCUT2D eigenvalue weighted by molar-refractivity contribution is 7.85. The summed E-state index contributed by atoms with van der Waals surface area (Å²) in [5.41, 5.74) is 1.47. The van der Waals surface area contributed by atoms with Crippen molar-refractivity contribution in [3.63, 3.8) is 0 Å². The number of ether oxygens (including phenoxy) is 1. The third-order valence-electron chi connectivity index (χ3n) is 3.37. The number of para-hydroxylation sites is 1. The highest BCUT2D eigenvalue weighted by atomic mass is 32.2. The van der Waals surface area contributed by atoms with Crippen LogP contribution in [-0.2, 0) is 10.1 Å². The average Bonchev–Trinajstić information content (AvgIpc) is 2.56. The van der Waals surface area contributed by atoms with Crippen molar-refractivity contribution in [2.45, 2.75) is 18.2 Å². The Morgan fingerprint density at radius 3 is 2.44 bits per heavy atom. The standard InChI is InChI=1S/C17H20N2O5S/c1-13-5-2-3-6-16(13)24-12-4-11-18-17(20)19-14-7-9-15(10-8-14)25(21,22)23/h2-3,5-10H,4,11-12H2,1H3,(H2,18,19,20)(H,21,22,23). The van der Waals surface area contributed by atoms with E-state index in [4.69, 9.17) is 9.29 Å². The van der Waals surface area contributed by atoms with E-state index in [2.05, 4.69) is 10.6 Å². The molecule has 0 saturated carbocycles. The molecule has 0 saturated heterocycles. The van der Waals surface area contributed by atoms with Crippen LogP contribution in [0.5, 0.6) is 5.75 Å². The Bertz CT molecular complexity index is 819.